The smallest absolute Gasteiger partial charge is 0.260 e. The van der Waals surface area contributed by atoms with E-state index in [1.54, 1.807) is 4.57 Å². The van der Waals surface area contributed by atoms with Crippen LogP contribution in [0.3, 0.4) is 0 Å². The van der Waals surface area contributed by atoms with Gasteiger partial charge in [-0.1, -0.05) is 54.6 Å². The number of hydrogen-bond acceptors (Lipinski definition) is 4. The Kier molecular flexibility index (Phi) is 4.20. The van der Waals surface area contributed by atoms with Gasteiger partial charge in [0.15, 0.2) is 0 Å². The average molecular weight is 356 g/mol. The van der Waals surface area contributed by atoms with Crippen LogP contribution in [-0.2, 0) is 6.54 Å². The topological polar surface area (TPSA) is 73.8 Å². The molecule has 5 nitrogen and oxygen atoms in total. The average Bonchev–Trinajstić information content (AvgIpc) is 2.68. The molecule has 4 aromatic rings. The number of aryl methyl sites for hydroxylation is 2. The van der Waals surface area contributed by atoms with Crippen molar-refractivity contribution in [2.24, 2.45) is 0 Å². The number of nitrogens with two attached hydrogens (primary N) is 1. The first-order valence-electron chi connectivity index (χ1n) is 8.92. The van der Waals surface area contributed by atoms with E-state index in [9.17, 15) is 4.79 Å². The van der Waals surface area contributed by atoms with Gasteiger partial charge in [0.05, 0.1) is 5.69 Å². The Balaban J connectivity index is 1.89. The molecule has 4 rings (SSSR count). The largest absolute Gasteiger partial charge is 0.368 e. The first-order chi connectivity index (χ1) is 13.1. The number of nitrogens with zero attached hydrogens (tertiary/aromatic N) is 3. The number of anilines is 1. The van der Waals surface area contributed by atoms with Crippen molar-refractivity contribution in [1.82, 2.24) is 14.5 Å². The molecule has 0 fully saturated rings. The maximum Gasteiger partial charge on any atom is 0.260 e. The minimum Gasteiger partial charge on any atom is -0.368 e. The summed E-state index contributed by atoms with van der Waals surface area (Å²) < 4.78 is 1.65. The van der Waals surface area contributed by atoms with Crippen LogP contribution in [0.5, 0.6) is 0 Å². The summed E-state index contributed by atoms with van der Waals surface area (Å²) in [6, 6.07) is 20.1. The normalized spacial score (nSPS) is 11.0. The Morgan fingerprint density at radius 2 is 1.56 bits per heavy atom. The fraction of sp³-hybridized carbons (Fsp3) is 0.136. The van der Waals surface area contributed by atoms with E-state index in [-0.39, 0.29) is 11.5 Å². The van der Waals surface area contributed by atoms with Crippen molar-refractivity contribution >= 4 is 17.0 Å². The highest BCUT2D eigenvalue weighted by molar-refractivity contribution is 5.84. The zero-order valence-electron chi connectivity index (χ0n) is 15.3. The van der Waals surface area contributed by atoms with Crippen molar-refractivity contribution in [1.29, 1.82) is 0 Å². The Morgan fingerprint density at radius 1 is 0.926 bits per heavy atom. The van der Waals surface area contributed by atoms with Gasteiger partial charge in [0.25, 0.3) is 5.56 Å². The first-order valence-corrected chi connectivity index (χ1v) is 8.92. The summed E-state index contributed by atoms with van der Waals surface area (Å²) in [5.41, 5.74) is 10.8. The summed E-state index contributed by atoms with van der Waals surface area (Å²) in [6.07, 6.45) is 0. The van der Waals surface area contributed by atoms with Crippen LogP contribution < -0.4 is 11.3 Å². The third-order valence-electron chi connectivity index (χ3n) is 4.77. The van der Waals surface area contributed by atoms with Crippen LogP contribution in [0.25, 0.3) is 33.3 Å². The fourth-order valence-corrected chi connectivity index (χ4v) is 3.38. The predicted octanol–water partition coefficient (Wildman–Crippen LogP) is 4.04. The summed E-state index contributed by atoms with van der Waals surface area (Å²) in [7, 11) is 0. The first kappa shape index (κ1) is 17.0. The molecule has 2 aromatic heterocycles. The van der Waals surface area contributed by atoms with Gasteiger partial charge in [0.2, 0.25) is 5.95 Å². The van der Waals surface area contributed by atoms with E-state index in [0.717, 1.165) is 27.8 Å². The van der Waals surface area contributed by atoms with Gasteiger partial charge in [0, 0.05) is 17.5 Å². The molecule has 2 N–H and O–H groups in total. The van der Waals surface area contributed by atoms with E-state index >= 15 is 0 Å². The SMILES string of the molecule is CCn1c(=O)c(-c2ccc(-c3ccccc3)cc2)cc2c(C)nc(N)nc21. The highest BCUT2D eigenvalue weighted by Crippen LogP contribution is 2.26. The molecule has 0 atom stereocenters. The Bertz CT molecular complexity index is 1180. The molecule has 0 radical (unpaired) electrons. The van der Waals surface area contributed by atoms with Gasteiger partial charge in [-0.05, 0) is 36.6 Å². The lowest BCUT2D eigenvalue weighted by atomic mass is 10.0. The molecule has 0 aliphatic carbocycles. The quantitative estimate of drug-likeness (QED) is 0.601. The van der Waals surface area contributed by atoms with Crippen LogP contribution in [0.15, 0.2) is 65.5 Å². The minimum absolute atomic E-state index is 0.0741. The monoisotopic (exact) mass is 356 g/mol. The van der Waals surface area contributed by atoms with Gasteiger partial charge >= 0.3 is 0 Å². The minimum atomic E-state index is -0.0741. The van der Waals surface area contributed by atoms with E-state index in [1.165, 1.54) is 0 Å². The molecule has 134 valence electrons. The molecule has 0 aliphatic heterocycles. The van der Waals surface area contributed by atoms with Gasteiger partial charge in [-0.2, -0.15) is 4.98 Å². The third-order valence-corrected chi connectivity index (χ3v) is 4.77. The third kappa shape index (κ3) is 2.97. The van der Waals surface area contributed by atoms with Crippen LogP contribution in [0.4, 0.5) is 5.95 Å². The number of benzene rings is 2. The van der Waals surface area contributed by atoms with Gasteiger partial charge in [0.1, 0.15) is 5.65 Å². The Morgan fingerprint density at radius 3 is 2.22 bits per heavy atom. The van der Waals surface area contributed by atoms with Crippen LogP contribution in [0.1, 0.15) is 12.6 Å². The maximum atomic E-state index is 13.1. The summed E-state index contributed by atoms with van der Waals surface area (Å²) in [5.74, 6) is 0.182. The lowest BCUT2D eigenvalue weighted by Crippen LogP contribution is -2.23. The summed E-state index contributed by atoms with van der Waals surface area (Å²) >= 11 is 0. The lowest BCUT2D eigenvalue weighted by molar-refractivity contribution is 0.750. The van der Waals surface area contributed by atoms with Gasteiger partial charge < -0.3 is 5.73 Å². The number of hydrogen-bond donors (Lipinski definition) is 1. The molecule has 0 bridgehead atoms. The van der Waals surface area contributed by atoms with E-state index in [0.29, 0.717) is 17.8 Å². The van der Waals surface area contributed by atoms with Gasteiger partial charge in [-0.3, -0.25) is 9.36 Å². The molecule has 27 heavy (non-hydrogen) atoms. The van der Waals surface area contributed by atoms with Crippen LogP contribution in [-0.4, -0.2) is 14.5 Å². The number of rotatable bonds is 3. The molecule has 0 saturated carbocycles. The van der Waals surface area contributed by atoms with E-state index in [4.69, 9.17) is 5.73 Å². The van der Waals surface area contributed by atoms with Crippen molar-refractivity contribution in [3.05, 3.63) is 76.7 Å². The van der Waals surface area contributed by atoms with E-state index < -0.39 is 0 Å². The van der Waals surface area contributed by atoms with Crippen LogP contribution in [0, 0.1) is 6.92 Å². The Hall–Kier alpha value is -3.47. The molecule has 0 spiro atoms. The number of nitrogen functional groups attached to an aromatic ring is 1. The number of aromatic nitrogens is 3. The van der Waals surface area contributed by atoms with Gasteiger partial charge in [-0.15, -0.1) is 0 Å². The molecule has 0 amide bonds. The van der Waals surface area contributed by atoms with Crippen molar-refractivity contribution in [3.63, 3.8) is 0 Å². The predicted molar refractivity (Wildman–Crippen MR) is 109 cm³/mol. The molecule has 0 aliphatic rings. The standard InChI is InChI=1S/C22H20N4O/c1-3-26-20-18(14(2)24-22(23)25-20)13-19(21(26)27)17-11-9-16(10-12-17)15-7-5-4-6-8-15/h4-13H,3H2,1-2H3,(H2,23,24,25). The summed E-state index contributed by atoms with van der Waals surface area (Å²) in [6.45, 7) is 4.32. The Labute approximate surface area is 157 Å². The second-order valence-electron chi connectivity index (χ2n) is 6.46. The molecule has 0 saturated heterocycles. The second kappa shape index (κ2) is 6.68. The van der Waals surface area contributed by atoms with E-state index in [1.807, 2.05) is 62.4 Å². The molecule has 0 unspecified atom stereocenters. The maximum absolute atomic E-state index is 13.1. The number of pyridine rings is 1. The highest BCUT2D eigenvalue weighted by Gasteiger charge is 2.14. The summed E-state index contributed by atoms with van der Waals surface area (Å²) in [4.78, 5) is 21.6. The van der Waals surface area contributed by atoms with Crippen LogP contribution in [0.2, 0.25) is 0 Å². The van der Waals surface area contributed by atoms with Crippen molar-refractivity contribution in [3.8, 4) is 22.3 Å². The fourth-order valence-electron chi connectivity index (χ4n) is 3.38. The van der Waals surface area contributed by atoms with E-state index in [2.05, 4.69) is 22.1 Å². The molecular formula is C22H20N4O. The molecular weight excluding hydrogens is 336 g/mol. The zero-order chi connectivity index (χ0) is 19.0. The second-order valence-corrected chi connectivity index (χ2v) is 6.46. The van der Waals surface area contributed by atoms with Crippen molar-refractivity contribution < 1.29 is 0 Å². The number of fused-ring (bicyclic) bond motifs is 1. The lowest BCUT2D eigenvalue weighted by Gasteiger charge is -2.12. The highest BCUT2D eigenvalue weighted by atomic mass is 16.1. The molecule has 5 heteroatoms. The molecule has 2 heterocycles. The van der Waals surface area contributed by atoms with Crippen molar-refractivity contribution in [2.75, 3.05) is 5.73 Å². The van der Waals surface area contributed by atoms with Crippen molar-refractivity contribution in [2.45, 2.75) is 20.4 Å². The summed E-state index contributed by atoms with van der Waals surface area (Å²) in [5, 5.41) is 0.841. The zero-order valence-corrected chi connectivity index (χ0v) is 15.3. The molecule has 2 aromatic carbocycles. The van der Waals surface area contributed by atoms with Gasteiger partial charge in [-0.25, -0.2) is 4.98 Å². The van der Waals surface area contributed by atoms with Crippen LogP contribution >= 0.6 is 0 Å².